The quantitative estimate of drug-likeness (QED) is 0.911. The zero-order chi connectivity index (χ0) is 13.8. The van der Waals surface area contributed by atoms with Crippen molar-refractivity contribution in [3.05, 3.63) is 52.9 Å². The molecule has 0 aliphatic carbocycles. The van der Waals surface area contributed by atoms with Gasteiger partial charge in [0.05, 0.1) is 12.8 Å². The lowest BCUT2D eigenvalue weighted by molar-refractivity contribution is 0.507. The molecule has 2 rings (SSSR count). The highest BCUT2D eigenvalue weighted by atomic mass is 35.5. The van der Waals surface area contributed by atoms with Gasteiger partial charge in [-0.15, -0.1) is 0 Å². The summed E-state index contributed by atoms with van der Waals surface area (Å²) >= 11 is 6.10. The smallest absolute Gasteiger partial charge is 0.123 e. The van der Waals surface area contributed by atoms with Gasteiger partial charge in [-0.2, -0.15) is 0 Å². The fraction of sp³-hybridized carbons (Fsp3) is 0.333. The Labute approximate surface area is 119 Å². The van der Waals surface area contributed by atoms with E-state index in [1.165, 1.54) is 5.56 Å². The van der Waals surface area contributed by atoms with Gasteiger partial charge in [-0.05, 0) is 43.2 Å². The van der Waals surface area contributed by atoms with Crippen molar-refractivity contribution >= 4 is 17.3 Å². The van der Waals surface area contributed by atoms with E-state index in [4.69, 9.17) is 21.8 Å². The molecule has 2 N–H and O–H groups in total. The van der Waals surface area contributed by atoms with Crippen LogP contribution in [0.1, 0.15) is 18.2 Å². The molecule has 1 aromatic heterocycles. The molecule has 1 heterocycles. The van der Waals surface area contributed by atoms with Crippen molar-refractivity contribution in [2.75, 3.05) is 11.9 Å². The SMILES string of the molecule is CC(N)Cc1ccc(Cl)cc1N(C)Cc1ccco1. The van der Waals surface area contributed by atoms with E-state index in [1.54, 1.807) is 6.26 Å². The minimum Gasteiger partial charge on any atom is -0.467 e. The highest BCUT2D eigenvalue weighted by Gasteiger charge is 2.11. The Bertz CT molecular complexity index is 523. The number of nitrogens with two attached hydrogens (primary N) is 1. The van der Waals surface area contributed by atoms with E-state index in [0.29, 0.717) is 6.54 Å². The molecule has 3 nitrogen and oxygen atoms in total. The van der Waals surface area contributed by atoms with E-state index in [0.717, 1.165) is 22.9 Å². The highest BCUT2D eigenvalue weighted by Crippen LogP contribution is 2.26. The van der Waals surface area contributed by atoms with Gasteiger partial charge in [0.2, 0.25) is 0 Å². The van der Waals surface area contributed by atoms with Gasteiger partial charge in [0.1, 0.15) is 5.76 Å². The Balaban J connectivity index is 2.23. The van der Waals surface area contributed by atoms with Gasteiger partial charge in [0.25, 0.3) is 0 Å². The maximum atomic E-state index is 6.10. The van der Waals surface area contributed by atoms with Crippen molar-refractivity contribution < 1.29 is 4.42 Å². The number of hydrogen-bond donors (Lipinski definition) is 1. The van der Waals surface area contributed by atoms with Gasteiger partial charge in [0, 0.05) is 23.8 Å². The standard InChI is InChI=1S/C15H19ClN2O/c1-11(17)8-12-5-6-13(16)9-15(12)18(2)10-14-4-3-7-19-14/h3-7,9,11H,8,10,17H2,1-2H3. The molecule has 0 saturated carbocycles. The summed E-state index contributed by atoms with van der Waals surface area (Å²) in [7, 11) is 2.03. The first-order valence-corrected chi connectivity index (χ1v) is 6.71. The van der Waals surface area contributed by atoms with Crippen LogP contribution in [0, 0.1) is 0 Å². The van der Waals surface area contributed by atoms with E-state index in [-0.39, 0.29) is 6.04 Å². The van der Waals surface area contributed by atoms with Crippen molar-refractivity contribution in [2.45, 2.75) is 25.9 Å². The minimum absolute atomic E-state index is 0.122. The summed E-state index contributed by atoms with van der Waals surface area (Å²) in [5.41, 5.74) is 8.20. The molecule has 1 aromatic carbocycles. The molecule has 0 fully saturated rings. The molecule has 0 aliphatic heterocycles. The Morgan fingerprint density at radius 3 is 2.79 bits per heavy atom. The Kier molecular flexibility index (Phi) is 4.51. The van der Waals surface area contributed by atoms with Crippen LogP contribution in [0.5, 0.6) is 0 Å². The fourth-order valence-electron chi connectivity index (χ4n) is 2.13. The molecular weight excluding hydrogens is 260 g/mol. The van der Waals surface area contributed by atoms with Gasteiger partial charge >= 0.3 is 0 Å². The van der Waals surface area contributed by atoms with E-state index in [2.05, 4.69) is 4.90 Å². The van der Waals surface area contributed by atoms with E-state index >= 15 is 0 Å². The van der Waals surface area contributed by atoms with Crippen LogP contribution in [0.15, 0.2) is 41.0 Å². The molecule has 0 amide bonds. The monoisotopic (exact) mass is 278 g/mol. The second-order valence-corrected chi connectivity index (χ2v) is 5.33. The molecule has 0 saturated heterocycles. The zero-order valence-corrected chi connectivity index (χ0v) is 12.0. The molecule has 2 aromatic rings. The predicted octanol–water partition coefficient (Wildman–Crippen LogP) is 3.46. The van der Waals surface area contributed by atoms with Gasteiger partial charge in [-0.1, -0.05) is 17.7 Å². The maximum absolute atomic E-state index is 6.10. The average molecular weight is 279 g/mol. The molecule has 0 bridgehead atoms. The largest absolute Gasteiger partial charge is 0.467 e. The van der Waals surface area contributed by atoms with Crippen LogP contribution in [0.2, 0.25) is 5.02 Å². The van der Waals surface area contributed by atoms with Crippen molar-refractivity contribution in [1.29, 1.82) is 0 Å². The van der Waals surface area contributed by atoms with E-state index in [1.807, 2.05) is 44.3 Å². The summed E-state index contributed by atoms with van der Waals surface area (Å²) in [5, 5.41) is 0.731. The third-order valence-corrected chi connectivity index (χ3v) is 3.21. The number of benzene rings is 1. The second kappa shape index (κ2) is 6.13. The zero-order valence-electron chi connectivity index (χ0n) is 11.3. The number of hydrogen-bond acceptors (Lipinski definition) is 3. The van der Waals surface area contributed by atoms with Crippen molar-refractivity contribution in [2.24, 2.45) is 5.73 Å². The lowest BCUT2D eigenvalue weighted by Crippen LogP contribution is -2.22. The summed E-state index contributed by atoms with van der Waals surface area (Å²) in [4.78, 5) is 2.13. The molecule has 4 heteroatoms. The lowest BCUT2D eigenvalue weighted by atomic mass is 10.0. The van der Waals surface area contributed by atoms with Crippen molar-refractivity contribution in [3.63, 3.8) is 0 Å². The normalized spacial score (nSPS) is 12.4. The first kappa shape index (κ1) is 14.0. The van der Waals surface area contributed by atoms with E-state index < -0.39 is 0 Å². The number of halogens is 1. The van der Waals surface area contributed by atoms with E-state index in [9.17, 15) is 0 Å². The van der Waals surface area contributed by atoms with Gasteiger partial charge < -0.3 is 15.1 Å². The minimum atomic E-state index is 0.122. The average Bonchev–Trinajstić information content (AvgIpc) is 2.83. The third kappa shape index (κ3) is 3.75. The number of nitrogens with zero attached hydrogens (tertiary/aromatic N) is 1. The van der Waals surface area contributed by atoms with Crippen LogP contribution < -0.4 is 10.6 Å². The molecule has 102 valence electrons. The molecular formula is C15H19ClN2O. The molecule has 19 heavy (non-hydrogen) atoms. The highest BCUT2D eigenvalue weighted by molar-refractivity contribution is 6.30. The number of anilines is 1. The molecule has 1 atom stereocenters. The van der Waals surface area contributed by atoms with Crippen molar-refractivity contribution in [1.82, 2.24) is 0 Å². The van der Waals surface area contributed by atoms with Crippen LogP contribution in [0.25, 0.3) is 0 Å². The van der Waals surface area contributed by atoms with Crippen LogP contribution in [-0.2, 0) is 13.0 Å². The molecule has 0 spiro atoms. The lowest BCUT2D eigenvalue weighted by Gasteiger charge is -2.22. The Morgan fingerprint density at radius 2 is 2.16 bits per heavy atom. The Hall–Kier alpha value is -1.45. The number of rotatable bonds is 5. The van der Waals surface area contributed by atoms with Crippen molar-refractivity contribution in [3.8, 4) is 0 Å². The molecule has 0 radical (unpaired) electrons. The summed E-state index contributed by atoms with van der Waals surface area (Å²) in [6, 6.07) is 9.90. The fourth-order valence-corrected chi connectivity index (χ4v) is 2.30. The van der Waals surface area contributed by atoms with Crippen LogP contribution in [-0.4, -0.2) is 13.1 Å². The summed E-state index contributed by atoms with van der Waals surface area (Å²) in [5.74, 6) is 0.925. The van der Waals surface area contributed by atoms with Crippen LogP contribution in [0.3, 0.4) is 0 Å². The van der Waals surface area contributed by atoms with Crippen LogP contribution >= 0.6 is 11.6 Å². The van der Waals surface area contributed by atoms with Gasteiger partial charge in [-0.3, -0.25) is 0 Å². The second-order valence-electron chi connectivity index (χ2n) is 4.89. The summed E-state index contributed by atoms with van der Waals surface area (Å²) < 4.78 is 5.38. The van der Waals surface area contributed by atoms with Crippen LogP contribution in [0.4, 0.5) is 5.69 Å². The molecule has 0 aliphatic rings. The molecule has 1 unspecified atom stereocenters. The van der Waals surface area contributed by atoms with Gasteiger partial charge in [0.15, 0.2) is 0 Å². The number of furan rings is 1. The Morgan fingerprint density at radius 1 is 1.37 bits per heavy atom. The van der Waals surface area contributed by atoms with Gasteiger partial charge in [-0.25, -0.2) is 0 Å². The maximum Gasteiger partial charge on any atom is 0.123 e. The predicted molar refractivity (Wildman–Crippen MR) is 79.6 cm³/mol. The third-order valence-electron chi connectivity index (χ3n) is 2.97. The summed E-state index contributed by atoms with van der Waals surface area (Å²) in [6.45, 7) is 2.71. The first-order valence-electron chi connectivity index (χ1n) is 6.34. The topological polar surface area (TPSA) is 42.4 Å². The summed E-state index contributed by atoms with van der Waals surface area (Å²) in [6.07, 6.45) is 2.51. The first-order chi connectivity index (χ1) is 9.06.